The number of hydrogen-bond acceptors (Lipinski definition) is 3. The smallest absolute Gasteiger partial charge is 0.251 e. The van der Waals surface area contributed by atoms with Crippen LogP contribution in [-0.2, 0) is 4.79 Å². The Bertz CT molecular complexity index is 677. The summed E-state index contributed by atoms with van der Waals surface area (Å²) in [6, 6.07) is 14.2. The monoisotopic (exact) mass is 339 g/mol. The summed E-state index contributed by atoms with van der Waals surface area (Å²) in [4.78, 5) is 23.4. The summed E-state index contributed by atoms with van der Waals surface area (Å²) in [5.74, 6) is 1.17. The van der Waals surface area contributed by atoms with Crippen molar-refractivity contribution < 1.29 is 14.3 Å². The molecule has 0 saturated carbocycles. The molecular weight excluding hydrogens is 314 g/mol. The SMILES string of the molecule is CCCCCC(C=O)NC(=O)c1ccc(Oc2ccc(C)cc2)cc1. The van der Waals surface area contributed by atoms with Crippen LogP contribution in [0.15, 0.2) is 48.5 Å². The van der Waals surface area contributed by atoms with Crippen LogP contribution in [0.2, 0.25) is 0 Å². The van der Waals surface area contributed by atoms with Gasteiger partial charge in [-0.05, 0) is 49.7 Å². The Morgan fingerprint density at radius 1 is 1.04 bits per heavy atom. The van der Waals surface area contributed by atoms with Gasteiger partial charge in [-0.1, -0.05) is 43.9 Å². The molecule has 1 unspecified atom stereocenters. The van der Waals surface area contributed by atoms with Gasteiger partial charge in [0.25, 0.3) is 5.91 Å². The van der Waals surface area contributed by atoms with E-state index >= 15 is 0 Å². The Kier molecular flexibility index (Phi) is 7.20. The van der Waals surface area contributed by atoms with Crippen LogP contribution >= 0.6 is 0 Å². The first kappa shape index (κ1) is 18.7. The summed E-state index contributed by atoms with van der Waals surface area (Å²) in [6.07, 6.45) is 4.57. The number of unbranched alkanes of at least 4 members (excludes halogenated alkanes) is 2. The molecule has 2 aromatic carbocycles. The maximum atomic E-state index is 12.2. The van der Waals surface area contributed by atoms with Crippen molar-refractivity contribution in [2.45, 2.75) is 45.6 Å². The summed E-state index contributed by atoms with van der Waals surface area (Å²) in [6.45, 7) is 4.13. The second-order valence-electron chi connectivity index (χ2n) is 6.15. The van der Waals surface area contributed by atoms with Crippen LogP contribution in [-0.4, -0.2) is 18.2 Å². The average Bonchev–Trinajstić information content (AvgIpc) is 2.63. The number of nitrogens with one attached hydrogen (secondary N) is 1. The summed E-state index contributed by atoms with van der Waals surface area (Å²) in [5.41, 5.74) is 1.68. The zero-order valence-electron chi connectivity index (χ0n) is 14.8. The first-order valence-electron chi connectivity index (χ1n) is 8.73. The Labute approximate surface area is 149 Å². The summed E-state index contributed by atoms with van der Waals surface area (Å²) >= 11 is 0. The minimum atomic E-state index is -0.428. The molecule has 132 valence electrons. The van der Waals surface area contributed by atoms with Crippen molar-refractivity contribution in [2.75, 3.05) is 0 Å². The van der Waals surface area contributed by atoms with Crippen LogP contribution in [0.1, 0.15) is 48.5 Å². The van der Waals surface area contributed by atoms with Crippen molar-refractivity contribution in [3.63, 3.8) is 0 Å². The highest BCUT2D eigenvalue weighted by molar-refractivity contribution is 5.95. The van der Waals surface area contributed by atoms with Crippen molar-refractivity contribution >= 4 is 12.2 Å². The molecule has 1 atom stereocenters. The van der Waals surface area contributed by atoms with Crippen LogP contribution < -0.4 is 10.1 Å². The molecule has 0 aromatic heterocycles. The van der Waals surface area contributed by atoms with Crippen LogP contribution in [0.3, 0.4) is 0 Å². The van der Waals surface area contributed by atoms with E-state index in [0.717, 1.165) is 31.3 Å². The minimum absolute atomic E-state index is 0.240. The van der Waals surface area contributed by atoms with Crippen LogP contribution in [0, 0.1) is 6.92 Å². The highest BCUT2D eigenvalue weighted by Crippen LogP contribution is 2.22. The predicted molar refractivity (Wildman–Crippen MR) is 99.2 cm³/mol. The predicted octanol–water partition coefficient (Wildman–Crippen LogP) is 4.66. The molecule has 2 aromatic rings. The van der Waals surface area contributed by atoms with Crippen LogP contribution in [0.5, 0.6) is 11.5 Å². The topological polar surface area (TPSA) is 55.4 Å². The van der Waals surface area contributed by atoms with E-state index in [0.29, 0.717) is 17.7 Å². The zero-order chi connectivity index (χ0) is 18.1. The maximum Gasteiger partial charge on any atom is 0.251 e. The molecule has 0 radical (unpaired) electrons. The third-order valence-electron chi connectivity index (χ3n) is 3.97. The molecule has 0 bridgehead atoms. The third-order valence-corrected chi connectivity index (χ3v) is 3.97. The van der Waals surface area contributed by atoms with Crippen molar-refractivity contribution in [1.29, 1.82) is 0 Å². The standard InChI is InChI=1S/C21H25NO3/c1-3-4-5-6-18(15-23)22-21(24)17-9-13-20(14-10-17)25-19-11-7-16(2)8-12-19/h7-15,18H,3-6H2,1-2H3,(H,22,24). The van der Waals surface area contributed by atoms with Gasteiger partial charge in [0.05, 0.1) is 6.04 Å². The summed E-state index contributed by atoms with van der Waals surface area (Å²) in [5, 5.41) is 2.77. The Morgan fingerprint density at radius 2 is 1.64 bits per heavy atom. The summed E-state index contributed by atoms with van der Waals surface area (Å²) < 4.78 is 5.75. The van der Waals surface area contributed by atoms with E-state index in [9.17, 15) is 9.59 Å². The average molecular weight is 339 g/mol. The van der Waals surface area contributed by atoms with Gasteiger partial charge in [-0.2, -0.15) is 0 Å². The molecule has 4 nitrogen and oxygen atoms in total. The number of carbonyl (C=O) groups is 2. The van der Waals surface area contributed by atoms with Crippen molar-refractivity contribution in [2.24, 2.45) is 0 Å². The fourth-order valence-corrected chi connectivity index (χ4v) is 2.46. The van der Waals surface area contributed by atoms with Gasteiger partial charge in [0.1, 0.15) is 17.8 Å². The molecule has 2 rings (SSSR count). The Balaban J connectivity index is 1.92. The number of ether oxygens (including phenoxy) is 1. The number of rotatable bonds is 9. The molecule has 0 aliphatic heterocycles. The van der Waals surface area contributed by atoms with Gasteiger partial charge in [0, 0.05) is 5.56 Å². The first-order chi connectivity index (χ1) is 12.1. The van der Waals surface area contributed by atoms with Crippen molar-refractivity contribution in [3.05, 3.63) is 59.7 Å². The fraction of sp³-hybridized carbons (Fsp3) is 0.333. The Morgan fingerprint density at radius 3 is 2.20 bits per heavy atom. The number of hydrogen-bond donors (Lipinski definition) is 1. The lowest BCUT2D eigenvalue weighted by Crippen LogP contribution is -2.35. The molecule has 0 spiro atoms. The van der Waals surface area contributed by atoms with E-state index in [2.05, 4.69) is 12.2 Å². The molecule has 0 heterocycles. The molecule has 1 amide bonds. The quantitative estimate of drug-likeness (QED) is 0.534. The van der Waals surface area contributed by atoms with E-state index in [1.54, 1.807) is 24.3 Å². The van der Waals surface area contributed by atoms with E-state index in [4.69, 9.17) is 4.74 Å². The third kappa shape index (κ3) is 6.07. The Hall–Kier alpha value is -2.62. The van der Waals surface area contributed by atoms with E-state index < -0.39 is 6.04 Å². The van der Waals surface area contributed by atoms with Gasteiger partial charge in [0.15, 0.2) is 0 Å². The lowest BCUT2D eigenvalue weighted by molar-refractivity contribution is -0.109. The molecular formula is C21H25NO3. The van der Waals surface area contributed by atoms with Crippen molar-refractivity contribution in [1.82, 2.24) is 5.32 Å². The van der Waals surface area contributed by atoms with Crippen molar-refractivity contribution in [3.8, 4) is 11.5 Å². The fourth-order valence-electron chi connectivity index (χ4n) is 2.46. The highest BCUT2D eigenvalue weighted by Gasteiger charge is 2.12. The molecule has 25 heavy (non-hydrogen) atoms. The van der Waals surface area contributed by atoms with Gasteiger partial charge in [0.2, 0.25) is 0 Å². The zero-order valence-corrected chi connectivity index (χ0v) is 14.8. The normalized spacial score (nSPS) is 11.6. The largest absolute Gasteiger partial charge is 0.457 e. The van der Waals surface area contributed by atoms with Crippen LogP contribution in [0.25, 0.3) is 0 Å². The number of amides is 1. The molecule has 0 aliphatic carbocycles. The lowest BCUT2D eigenvalue weighted by Gasteiger charge is -2.13. The van der Waals surface area contributed by atoms with Gasteiger partial charge in [-0.3, -0.25) is 4.79 Å². The molecule has 0 aliphatic rings. The second kappa shape index (κ2) is 9.62. The highest BCUT2D eigenvalue weighted by atomic mass is 16.5. The number of carbonyl (C=O) groups excluding carboxylic acids is 2. The molecule has 4 heteroatoms. The molecule has 0 saturated heterocycles. The number of benzene rings is 2. The van der Waals surface area contributed by atoms with Crippen LogP contribution in [0.4, 0.5) is 0 Å². The second-order valence-corrected chi connectivity index (χ2v) is 6.15. The molecule has 1 N–H and O–H groups in total. The minimum Gasteiger partial charge on any atom is -0.457 e. The lowest BCUT2D eigenvalue weighted by atomic mass is 10.1. The van der Waals surface area contributed by atoms with E-state index in [1.165, 1.54) is 5.56 Å². The number of aldehydes is 1. The van der Waals surface area contributed by atoms with Gasteiger partial charge in [-0.25, -0.2) is 0 Å². The first-order valence-corrected chi connectivity index (χ1v) is 8.73. The van der Waals surface area contributed by atoms with E-state index in [1.807, 2.05) is 31.2 Å². The van der Waals surface area contributed by atoms with Gasteiger partial charge >= 0.3 is 0 Å². The van der Waals surface area contributed by atoms with Gasteiger partial charge in [-0.15, -0.1) is 0 Å². The molecule has 0 fully saturated rings. The van der Waals surface area contributed by atoms with E-state index in [-0.39, 0.29) is 5.91 Å². The summed E-state index contributed by atoms with van der Waals surface area (Å²) in [7, 11) is 0. The maximum absolute atomic E-state index is 12.2. The number of aryl methyl sites for hydroxylation is 1. The van der Waals surface area contributed by atoms with Gasteiger partial charge < -0.3 is 14.8 Å².